The van der Waals surface area contributed by atoms with Gasteiger partial charge in [-0.2, -0.15) is 0 Å². The van der Waals surface area contributed by atoms with Crippen molar-refractivity contribution in [2.45, 2.75) is 45.1 Å². The van der Waals surface area contributed by atoms with E-state index in [1.165, 1.54) is 5.56 Å². The lowest BCUT2D eigenvalue weighted by Crippen LogP contribution is -2.40. The molecule has 0 radical (unpaired) electrons. The van der Waals surface area contributed by atoms with Crippen LogP contribution < -0.4 is 5.32 Å². The number of carboxylic acids is 1. The van der Waals surface area contributed by atoms with Crippen molar-refractivity contribution >= 4 is 27.8 Å². The number of hydrogen-bond acceptors (Lipinski definition) is 2. The molecule has 1 aromatic rings. The van der Waals surface area contributed by atoms with E-state index in [1.54, 1.807) is 0 Å². The van der Waals surface area contributed by atoms with E-state index in [9.17, 15) is 9.59 Å². The molecule has 2 N–H and O–H groups in total. The standard InChI is InChI=1S/C17H22BrNO3/c1-11(9-12-3-2-4-15(18)10-12)19-16(20)13-5-7-14(8-6-13)17(21)22/h2-4,10-11,13-14H,5-9H2,1H3,(H,19,20)(H,21,22). The highest BCUT2D eigenvalue weighted by Gasteiger charge is 2.30. The summed E-state index contributed by atoms with van der Waals surface area (Å²) in [4.78, 5) is 23.2. The third-order valence-corrected chi connectivity index (χ3v) is 4.76. The number of carboxylic acid groups (broad SMARTS) is 1. The summed E-state index contributed by atoms with van der Waals surface area (Å²) in [6.07, 6.45) is 3.34. The van der Waals surface area contributed by atoms with Gasteiger partial charge in [-0.3, -0.25) is 9.59 Å². The largest absolute Gasteiger partial charge is 0.481 e. The molecular weight excluding hydrogens is 346 g/mol. The fourth-order valence-corrected chi connectivity index (χ4v) is 3.48. The molecule has 0 aromatic heterocycles. The van der Waals surface area contributed by atoms with Crippen LogP contribution in [0.2, 0.25) is 0 Å². The summed E-state index contributed by atoms with van der Waals surface area (Å²) in [6, 6.07) is 8.14. The van der Waals surface area contributed by atoms with Crippen molar-refractivity contribution in [2.24, 2.45) is 11.8 Å². The van der Waals surface area contributed by atoms with Crippen LogP contribution in [0.3, 0.4) is 0 Å². The Bertz CT molecular complexity index is 538. The second-order valence-electron chi connectivity index (χ2n) is 6.13. The Hall–Kier alpha value is -1.36. The first-order valence-electron chi connectivity index (χ1n) is 7.73. The summed E-state index contributed by atoms with van der Waals surface area (Å²) < 4.78 is 1.04. The third kappa shape index (κ3) is 4.83. The van der Waals surface area contributed by atoms with Crippen molar-refractivity contribution in [1.29, 1.82) is 0 Å². The molecule has 1 saturated carbocycles. The van der Waals surface area contributed by atoms with Crippen molar-refractivity contribution in [3.05, 3.63) is 34.3 Å². The van der Waals surface area contributed by atoms with Gasteiger partial charge < -0.3 is 10.4 Å². The summed E-state index contributed by atoms with van der Waals surface area (Å²) in [5.74, 6) is -0.989. The minimum absolute atomic E-state index is 0.0411. The van der Waals surface area contributed by atoms with Crippen LogP contribution in [0.15, 0.2) is 28.7 Å². The van der Waals surface area contributed by atoms with E-state index in [-0.39, 0.29) is 23.8 Å². The predicted octanol–water partition coefficient (Wildman–Crippen LogP) is 3.39. The van der Waals surface area contributed by atoms with Crippen molar-refractivity contribution in [2.75, 3.05) is 0 Å². The molecule has 120 valence electrons. The molecule has 1 unspecified atom stereocenters. The second kappa shape index (κ2) is 7.77. The molecule has 5 heteroatoms. The molecule has 1 atom stereocenters. The molecule has 0 bridgehead atoms. The van der Waals surface area contributed by atoms with Crippen LogP contribution in [-0.2, 0) is 16.0 Å². The Morgan fingerprint density at radius 1 is 1.27 bits per heavy atom. The number of nitrogens with one attached hydrogen (secondary N) is 1. The summed E-state index contributed by atoms with van der Waals surface area (Å²) in [5.41, 5.74) is 1.18. The van der Waals surface area contributed by atoms with Gasteiger partial charge in [0.15, 0.2) is 0 Å². The number of amides is 1. The average molecular weight is 368 g/mol. The molecule has 1 aromatic carbocycles. The SMILES string of the molecule is CC(Cc1cccc(Br)c1)NC(=O)C1CCC(C(=O)O)CC1. The zero-order chi connectivity index (χ0) is 16.1. The van der Waals surface area contributed by atoms with E-state index in [0.29, 0.717) is 25.7 Å². The number of halogens is 1. The van der Waals surface area contributed by atoms with Gasteiger partial charge >= 0.3 is 5.97 Å². The highest BCUT2D eigenvalue weighted by Crippen LogP contribution is 2.29. The average Bonchev–Trinajstić information content (AvgIpc) is 2.47. The minimum atomic E-state index is -0.734. The Balaban J connectivity index is 1.80. The Morgan fingerprint density at radius 3 is 2.50 bits per heavy atom. The molecule has 1 fully saturated rings. The molecule has 1 amide bonds. The molecule has 1 aliphatic carbocycles. The van der Waals surface area contributed by atoms with Crippen LogP contribution in [0.5, 0.6) is 0 Å². The molecule has 2 rings (SSSR count). The lowest BCUT2D eigenvalue weighted by Gasteiger charge is -2.26. The van der Waals surface area contributed by atoms with Gasteiger partial charge in [0.05, 0.1) is 5.92 Å². The van der Waals surface area contributed by atoms with Crippen molar-refractivity contribution < 1.29 is 14.7 Å². The van der Waals surface area contributed by atoms with Gasteiger partial charge in [0.25, 0.3) is 0 Å². The molecule has 4 nitrogen and oxygen atoms in total. The Kier molecular flexibility index (Phi) is 6.00. The van der Waals surface area contributed by atoms with Crippen LogP contribution in [-0.4, -0.2) is 23.0 Å². The Labute approximate surface area is 139 Å². The van der Waals surface area contributed by atoms with Gasteiger partial charge in [0.1, 0.15) is 0 Å². The lowest BCUT2D eigenvalue weighted by molar-refractivity contribution is -0.144. The minimum Gasteiger partial charge on any atom is -0.481 e. The smallest absolute Gasteiger partial charge is 0.306 e. The number of carbonyl (C=O) groups excluding carboxylic acids is 1. The maximum atomic E-state index is 12.3. The van der Waals surface area contributed by atoms with Gasteiger partial charge in [-0.05, 0) is 56.7 Å². The topological polar surface area (TPSA) is 66.4 Å². The molecule has 0 aliphatic heterocycles. The zero-order valence-corrected chi connectivity index (χ0v) is 14.3. The van der Waals surface area contributed by atoms with Gasteiger partial charge in [0.2, 0.25) is 5.91 Å². The normalized spacial score (nSPS) is 22.8. The highest BCUT2D eigenvalue weighted by molar-refractivity contribution is 9.10. The number of hydrogen-bond donors (Lipinski definition) is 2. The van der Waals surface area contributed by atoms with Gasteiger partial charge in [-0.15, -0.1) is 0 Å². The Morgan fingerprint density at radius 2 is 1.91 bits per heavy atom. The maximum absolute atomic E-state index is 12.3. The fraction of sp³-hybridized carbons (Fsp3) is 0.529. The van der Waals surface area contributed by atoms with Crippen LogP contribution in [0, 0.1) is 11.8 Å². The molecule has 0 saturated heterocycles. The molecule has 1 aliphatic rings. The van der Waals surface area contributed by atoms with E-state index >= 15 is 0 Å². The van der Waals surface area contributed by atoms with Gasteiger partial charge in [0, 0.05) is 16.4 Å². The molecular formula is C17H22BrNO3. The first kappa shape index (κ1) is 17.0. The van der Waals surface area contributed by atoms with E-state index in [2.05, 4.69) is 27.3 Å². The van der Waals surface area contributed by atoms with Crippen molar-refractivity contribution in [3.63, 3.8) is 0 Å². The van der Waals surface area contributed by atoms with Crippen LogP contribution in [0.1, 0.15) is 38.2 Å². The van der Waals surface area contributed by atoms with E-state index in [1.807, 2.05) is 25.1 Å². The summed E-state index contributed by atoms with van der Waals surface area (Å²) in [7, 11) is 0. The number of carbonyl (C=O) groups is 2. The van der Waals surface area contributed by atoms with Crippen molar-refractivity contribution in [3.8, 4) is 0 Å². The van der Waals surface area contributed by atoms with Gasteiger partial charge in [-0.1, -0.05) is 28.1 Å². The summed E-state index contributed by atoms with van der Waals surface area (Å²) in [5, 5.41) is 12.1. The van der Waals surface area contributed by atoms with Crippen LogP contribution in [0.25, 0.3) is 0 Å². The van der Waals surface area contributed by atoms with E-state index in [4.69, 9.17) is 5.11 Å². The maximum Gasteiger partial charge on any atom is 0.306 e. The number of aliphatic carboxylic acids is 1. The second-order valence-corrected chi connectivity index (χ2v) is 7.05. The summed E-state index contributed by atoms with van der Waals surface area (Å²) >= 11 is 3.45. The monoisotopic (exact) mass is 367 g/mol. The van der Waals surface area contributed by atoms with Gasteiger partial charge in [-0.25, -0.2) is 0 Å². The highest BCUT2D eigenvalue weighted by atomic mass is 79.9. The predicted molar refractivity (Wildman–Crippen MR) is 88.5 cm³/mol. The first-order valence-corrected chi connectivity index (χ1v) is 8.52. The molecule has 0 spiro atoms. The van der Waals surface area contributed by atoms with Crippen LogP contribution >= 0.6 is 15.9 Å². The van der Waals surface area contributed by atoms with E-state index < -0.39 is 5.97 Å². The zero-order valence-electron chi connectivity index (χ0n) is 12.7. The number of benzene rings is 1. The third-order valence-electron chi connectivity index (χ3n) is 4.27. The quantitative estimate of drug-likeness (QED) is 0.837. The van der Waals surface area contributed by atoms with Crippen molar-refractivity contribution in [1.82, 2.24) is 5.32 Å². The molecule has 22 heavy (non-hydrogen) atoms. The lowest BCUT2D eigenvalue weighted by atomic mass is 9.81. The molecule has 0 heterocycles. The fourth-order valence-electron chi connectivity index (χ4n) is 3.03. The first-order chi connectivity index (χ1) is 10.5. The number of rotatable bonds is 5. The van der Waals surface area contributed by atoms with E-state index in [0.717, 1.165) is 10.9 Å². The van der Waals surface area contributed by atoms with Crippen LogP contribution in [0.4, 0.5) is 0 Å². The summed E-state index contributed by atoms with van der Waals surface area (Å²) in [6.45, 7) is 2.00.